The lowest BCUT2D eigenvalue weighted by molar-refractivity contribution is 0.585. The Bertz CT molecular complexity index is 514. The monoisotopic (exact) mass is 221 g/mol. The van der Waals surface area contributed by atoms with E-state index < -0.39 is 11.6 Å². The molecule has 2 rings (SSSR count). The molecule has 0 radical (unpaired) electrons. The first-order valence-corrected chi connectivity index (χ1v) is 4.68. The molecule has 5 heteroatoms. The van der Waals surface area contributed by atoms with Gasteiger partial charge in [0.2, 0.25) is 0 Å². The molecule has 1 aromatic heterocycles. The normalized spacial score (nSPS) is 10.4. The molecule has 0 saturated heterocycles. The van der Waals surface area contributed by atoms with Gasteiger partial charge in [-0.2, -0.15) is 0 Å². The summed E-state index contributed by atoms with van der Waals surface area (Å²) in [5.41, 5.74) is 6.18. The molecule has 0 aliphatic heterocycles. The van der Waals surface area contributed by atoms with Crippen LogP contribution in [0.1, 0.15) is 5.69 Å². The van der Waals surface area contributed by atoms with Crippen LogP contribution in [0.25, 0.3) is 11.4 Å². The summed E-state index contributed by atoms with van der Waals surface area (Å²) in [5, 5.41) is 0. The quantitative estimate of drug-likeness (QED) is 0.842. The van der Waals surface area contributed by atoms with Crippen molar-refractivity contribution in [1.82, 2.24) is 9.97 Å². The van der Waals surface area contributed by atoms with Gasteiger partial charge in [0.15, 0.2) is 5.82 Å². The Morgan fingerprint density at radius 3 is 2.69 bits per heavy atom. The van der Waals surface area contributed by atoms with Gasteiger partial charge in [-0.15, -0.1) is 0 Å². The zero-order valence-corrected chi connectivity index (χ0v) is 8.32. The van der Waals surface area contributed by atoms with Crippen molar-refractivity contribution in [2.75, 3.05) is 0 Å². The molecule has 1 aromatic carbocycles. The average Bonchev–Trinajstić information content (AvgIpc) is 2.29. The number of aromatic nitrogens is 2. The smallest absolute Gasteiger partial charge is 0.162 e. The van der Waals surface area contributed by atoms with Crippen molar-refractivity contribution in [3.63, 3.8) is 0 Å². The van der Waals surface area contributed by atoms with Crippen LogP contribution in [0.2, 0.25) is 0 Å². The molecule has 1 heterocycles. The minimum atomic E-state index is -0.686. The van der Waals surface area contributed by atoms with Crippen LogP contribution in [-0.4, -0.2) is 9.97 Å². The van der Waals surface area contributed by atoms with Crippen molar-refractivity contribution in [3.8, 4) is 11.4 Å². The van der Waals surface area contributed by atoms with E-state index in [9.17, 15) is 8.78 Å². The number of benzene rings is 1. The number of hydrogen-bond acceptors (Lipinski definition) is 3. The summed E-state index contributed by atoms with van der Waals surface area (Å²) in [7, 11) is 0. The molecule has 3 nitrogen and oxygen atoms in total. The van der Waals surface area contributed by atoms with Crippen molar-refractivity contribution < 1.29 is 8.78 Å². The fraction of sp³-hybridized carbons (Fsp3) is 0.0909. The third kappa shape index (κ3) is 2.04. The van der Waals surface area contributed by atoms with Gasteiger partial charge in [-0.1, -0.05) is 0 Å². The summed E-state index contributed by atoms with van der Waals surface area (Å²) in [6.07, 6.45) is 1.49. The highest BCUT2D eigenvalue weighted by Crippen LogP contribution is 2.19. The molecular weight excluding hydrogens is 212 g/mol. The van der Waals surface area contributed by atoms with Gasteiger partial charge < -0.3 is 5.73 Å². The van der Waals surface area contributed by atoms with Crippen molar-refractivity contribution in [3.05, 3.63) is 47.8 Å². The van der Waals surface area contributed by atoms with Gasteiger partial charge in [0, 0.05) is 18.8 Å². The standard InChI is InChI=1S/C11H9F2N3/c12-7-1-2-9(10(13)5-7)11-15-4-3-8(6-14)16-11/h1-5H,6,14H2. The van der Waals surface area contributed by atoms with E-state index in [1.165, 1.54) is 12.3 Å². The number of halogens is 2. The first kappa shape index (κ1) is 10.6. The fourth-order valence-electron chi connectivity index (χ4n) is 1.31. The van der Waals surface area contributed by atoms with Crippen LogP contribution < -0.4 is 5.73 Å². The van der Waals surface area contributed by atoms with E-state index in [1.54, 1.807) is 6.07 Å². The van der Waals surface area contributed by atoms with Gasteiger partial charge in [0.1, 0.15) is 11.6 Å². The molecule has 0 unspecified atom stereocenters. The van der Waals surface area contributed by atoms with Gasteiger partial charge in [-0.05, 0) is 18.2 Å². The summed E-state index contributed by atoms with van der Waals surface area (Å²) in [5.74, 6) is -1.11. The second-order valence-electron chi connectivity index (χ2n) is 3.20. The van der Waals surface area contributed by atoms with Crippen molar-refractivity contribution in [2.45, 2.75) is 6.54 Å². The van der Waals surface area contributed by atoms with Crippen LogP contribution in [0, 0.1) is 11.6 Å². The zero-order valence-electron chi connectivity index (χ0n) is 8.32. The molecule has 2 aromatic rings. The van der Waals surface area contributed by atoms with E-state index in [1.807, 2.05) is 0 Å². The van der Waals surface area contributed by atoms with Crippen LogP contribution in [0.15, 0.2) is 30.5 Å². The Hall–Kier alpha value is -1.88. The number of hydrogen-bond donors (Lipinski definition) is 1. The molecule has 0 aliphatic rings. The Morgan fingerprint density at radius 1 is 1.19 bits per heavy atom. The maximum absolute atomic E-state index is 13.4. The number of rotatable bonds is 2. The molecule has 0 amide bonds. The predicted octanol–water partition coefficient (Wildman–Crippen LogP) is 1.88. The van der Waals surface area contributed by atoms with Gasteiger partial charge in [-0.3, -0.25) is 0 Å². The summed E-state index contributed by atoms with van der Waals surface area (Å²) < 4.78 is 26.1. The van der Waals surface area contributed by atoms with E-state index >= 15 is 0 Å². The van der Waals surface area contributed by atoms with Crippen molar-refractivity contribution in [2.24, 2.45) is 5.73 Å². The Kier molecular flexibility index (Phi) is 2.87. The van der Waals surface area contributed by atoms with Gasteiger partial charge in [0.25, 0.3) is 0 Å². The van der Waals surface area contributed by atoms with E-state index in [2.05, 4.69) is 9.97 Å². The fourth-order valence-corrected chi connectivity index (χ4v) is 1.31. The third-order valence-corrected chi connectivity index (χ3v) is 2.09. The van der Waals surface area contributed by atoms with Crippen molar-refractivity contribution in [1.29, 1.82) is 0 Å². The molecular formula is C11H9F2N3. The lowest BCUT2D eigenvalue weighted by Gasteiger charge is -2.03. The topological polar surface area (TPSA) is 51.8 Å². The minimum Gasteiger partial charge on any atom is -0.325 e. The van der Waals surface area contributed by atoms with E-state index in [0.29, 0.717) is 5.69 Å². The Morgan fingerprint density at radius 2 is 2.00 bits per heavy atom. The molecule has 2 N–H and O–H groups in total. The first-order valence-electron chi connectivity index (χ1n) is 4.68. The molecule has 0 spiro atoms. The van der Waals surface area contributed by atoms with Crippen LogP contribution in [0.3, 0.4) is 0 Å². The van der Waals surface area contributed by atoms with Crippen LogP contribution >= 0.6 is 0 Å². The van der Waals surface area contributed by atoms with E-state index in [4.69, 9.17) is 5.73 Å². The molecule has 0 bridgehead atoms. The highest BCUT2D eigenvalue weighted by atomic mass is 19.1. The molecule has 82 valence electrons. The summed E-state index contributed by atoms with van der Waals surface area (Å²) in [6.45, 7) is 0.248. The lowest BCUT2D eigenvalue weighted by Crippen LogP contribution is -2.02. The Balaban J connectivity index is 2.49. The van der Waals surface area contributed by atoms with Gasteiger partial charge in [0.05, 0.1) is 11.3 Å². The van der Waals surface area contributed by atoms with Gasteiger partial charge >= 0.3 is 0 Å². The SMILES string of the molecule is NCc1ccnc(-c2ccc(F)cc2F)n1. The minimum absolute atomic E-state index is 0.164. The average molecular weight is 221 g/mol. The molecule has 0 fully saturated rings. The summed E-state index contributed by atoms with van der Waals surface area (Å²) in [4.78, 5) is 7.97. The van der Waals surface area contributed by atoms with Gasteiger partial charge in [-0.25, -0.2) is 18.7 Å². The van der Waals surface area contributed by atoms with Crippen molar-refractivity contribution >= 4 is 0 Å². The zero-order chi connectivity index (χ0) is 11.5. The largest absolute Gasteiger partial charge is 0.325 e. The predicted molar refractivity (Wildman–Crippen MR) is 55.3 cm³/mol. The molecule has 16 heavy (non-hydrogen) atoms. The second kappa shape index (κ2) is 4.32. The second-order valence-corrected chi connectivity index (χ2v) is 3.20. The first-order chi connectivity index (χ1) is 7.70. The lowest BCUT2D eigenvalue weighted by atomic mass is 10.2. The maximum atomic E-state index is 13.4. The Labute approximate surface area is 91.0 Å². The maximum Gasteiger partial charge on any atom is 0.162 e. The summed E-state index contributed by atoms with van der Waals surface area (Å²) >= 11 is 0. The third-order valence-electron chi connectivity index (χ3n) is 2.09. The van der Waals surface area contributed by atoms with Crippen LogP contribution in [0.4, 0.5) is 8.78 Å². The molecule has 0 atom stereocenters. The van der Waals surface area contributed by atoms with E-state index in [0.717, 1.165) is 12.1 Å². The highest BCUT2D eigenvalue weighted by molar-refractivity contribution is 5.55. The highest BCUT2D eigenvalue weighted by Gasteiger charge is 2.09. The summed E-state index contributed by atoms with van der Waals surface area (Å²) in [6, 6.07) is 4.91. The number of nitrogens with two attached hydrogens (primary N) is 1. The van der Waals surface area contributed by atoms with Crippen LogP contribution in [0.5, 0.6) is 0 Å². The molecule has 0 saturated carbocycles. The number of nitrogens with zero attached hydrogens (tertiary/aromatic N) is 2. The van der Waals surface area contributed by atoms with Crippen LogP contribution in [-0.2, 0) is 6.54 Å². The molecule has 0 aliphatic carbocycles. The van der Waals surface area contributed by atoms with E-state index in [-0.39, 0.29) is 17.9 Å².